The average Bonchev–Trinajstić information content (AvgIpc) is 3.23. The molecule has 0 aromatic carbocycles. The first kappa shape index (κ1) is 16.8. The van der Waals surface area contributed by atoms with Gasteiger partial charge in [-0.15, -0.1) is 0 Å². The third-order valence-corrected chi connectivity index (χ3v) is 5.15. The zero-order chi connectivity index (χ0) is 18.1. The summed E-state index contributed by atoms with van der Waals surface area (Å²) in [7, 11) is 0. The highest BCUT2D eigenvalue weighted by Gasteiger charge is 2.28. The maximum Gasteiger partial charge on any atom is 0.164 e. The van der Waals surface area contributed by atoms with Gasteiger partial charge in [0.25, 0.3) is 0 Å². The van der Waals surface area contributed by atoms with Gasteiger partial charge in [-0.05, 0) is 63.4 Å². The molecule has 3 aromatic rings. The molecule has 6 heteroatoms. The van der Waals surface area contributed by atoms with E-state index in [9.17, 15) is 0 Å². The second kappa shape index (κ2) is 6.96. The van der Waals surface area contributed by atoms with Crippen molar-refractivity contribution in [2.75, 3.05) is 6.54 Å². The molecule has 0 spiro atoms. The molecule has 0 bridgehead atoms. The van der Waals surface area contributed by atoms with E-state index >= 15 is 0 Å². The maximum atomic E-state index is 5.28. The van der Waals surface area contributed by atoms with Crippen LogP contribution in [0.3, 0.4) is 0 Å². The molecular weight excluding hydrogens is 326 g/mol. The standard InChI is InChI=1S/C20H23N5O/c1-13-11-21-8-6-16(13)12-25-10-4-5-18(25)17-7-9-22-20(23-17)19-14(2)24-26-15(19)3/h6-9,11,18H,4-5,10,12H2,1-3H3/t18-/m0/s1. The number of aromatic nitrogens is 4. The molecule has 1 atom stereocenters. The van der Waals surface area contributed by atoms with E-state index in [1.165, 1.54) is 17.5 Å². The third kappa shape index (κ3) is 3.12. The molecule has 0 N–H and O–H groups in total. The molecule has 4 rings (SSSR count). The van der Waals surface area contributed by atoms with E-state index in [1.807, 2.05) is 38.5 Å². The van der Waals surface area contributed by atoms with Crippen molar-refractivity contribution in [3.63, 3.8) is 0 Å². The predicted molar refractivity (Wildman–Crippen MR) is 98.4 cm³/mol. The van der Waals surface area contributed by atoms with Crippen LogP contribution < -0.4 is 0 Å². The van der Waals surface area contributed by atoms with E-state index in [2.05, 4.69) is 33.0 Å². The lowest BCUT2D eigenvalue weighted by atomic mass is 10.1. The van der Waals surface area contributed by atoms with Crippen molar-refractivity contribution in [1.29, 1.82) is 0 Å². The van der Waals surface area contributed by atoms with Gasteiger partial charge in [0.05, 0.1) is 23.0 Å². The number of hydrogen-bond acceptors (Lipinski definition) is 6. The largest absolute Gasteiger partial charge is 0.361 e. The zero-order valence-corrected chi connectivity index (χ0v) is 15.4. The van der Waals surface area contributed by atoms with Gasteiger partial charge in [-0.1, -0.05) is 5.16 Å². The summed E-state index contributed by atoms with van der Waals surface area (Å²) >= 11 is 0. The molecule has 6 nitrogen and oxygen atoms in total. The second-order valence-electron chi connectivity index (χ2n) is 6.93. The Morgan fingerprint density at radius 1 is 1.19 bits per heavy atom. The lowest BCUT2D eigenvalue weighted by molar-refractivity contribution is 0.244. The van der Waals surface area contributed by atoms with Crippen LogP contribution in [0.4, 0.5) is 0 Å². The molecule has 0 radical (unpaired) electrons. The van der Waals surface area contributed by atoms with E-state index in [1.54, 1.807) is 0 Å². The molecule has 1 aliphatic heterocycles. The Labute approximate surface area is 153 Å². The summed E-state index contributed by atoms with van der Waals surface area (Å²) in [5.74, 6) is 1.46. The maximum absolute atomic E-state index is 5.28. The molecular formula is C20H23N5O. The van der Waals surface area contributed by atoms with E-state index < -0.39 is 0 Å². The fraction of sp³-hybridized carbons (Fsp3) is 0.400. The van der Waals surface area contributed by atoms with Gasteiger partial charge in [0.2, 0.25) is 0 Å². The minimum Gasteiger partial charge on any atom is -0.361 e. The van der Waals surface area contributed by atoms with Gasteiger partial charge in [0, 0.05) is 25.1 Å². The highest BCUT2D eigenvalue weighted by atomic mass is 16.5. The zero-order valence-electron chi connectivity index (χ0n) is 15.4. The SMILES string of the molecule is Cc1cnccc1CN1CCC[C@H]1c1ccnc(-c2c(C)noc2C)n1. The predicted octanol–water partition coefficient (Wildman–Crippen LogP) is 3.79. The van der Waals surface area contributed by atoms with Crippen LogP contribution >= 0.6 is 0 Å². The van der Waals surface area contributed by atoms with Crippen molar-refractivity contribution < 1.29 is 4.52 Å². The fourth-order valence-corrected chi connectivity index (χ4v) is 3.73. The minimum absolute atomic E-state index is 0.310. The Hall–Kier alpha value is -2.60. The van der Waals surface area contributed by atoms with E-state index in [0.29, 0.717) is 11.9 Å². The van der Waals surface area contributed by atoms with Crippen LogP contribution in [0.1, 0.15) is 47.2 Å². The summed E-state index contributed by atoms with van der Waals surface area (Å²) in [6.07, 6.45) is 7.94. The Balaban J connectivity index is 1.62. The van der Waals surface area contributed by atoms with Gasteiger partial charge in [0.15, 0.2) is 5.82 Å². The molecule has 0 saturated carbocycles. The lowest BCUT2D eigenvalue weighted by Gasteiger charge is -2.25. The molecule has 0 aliphatic carbocycles. The topological polar surface area (TPSA) is 67.9 Å². The molecule has 3 aromatic heterocycles. The summed E-state index contributed by atoms with van der Waals surface area (Å²) in [5.41, 5.74) is 5.36. The Kier molecular flexibility index (Phi) is 4.51. The quantitative estimate of drug-likeness (QED) is 0.714. The highest BCUT2D eigenvalue weighted by Crippen LogP contribution is 2.33. The first-order valence-electron chi connectivity index (χ1n) is 9.03. The van der Waals surface area contributed by atoms with Crippen molar-refractivity contribution >= 4 is 0 Å². The normalized spacial score (nSPS) is 17.7. The smallest absolute Gasteiger partial charge is 0.164 e. The van der Waals surface area contributed by atoms with Crippen LogP contribution in [-0.2, 0) is 6.54 Å². The first-order valence-corrected chi connectivity index (χ1v) is 9.03. The van der Waals surface area contributed by atoms with Crippen LogP contribution in [0.5, 0.6) is 0 Å². The summed E-state index contributed by atoms with van der Waals surface area (Å²) in [6, 6.07) is 4.45. The highest BCUT2D eigenvalue weighted by molar-refractivity contribution is 5.59. The van der Waals surface area contributed by atoms with Gasteiger partial charge < -0.3 is 4.52 Å². The number of pyridine rings is 1. The van der Waals surface area contributed by atoms with Gasteiger partial charge >= 0.3 is 0 Å². The monoisotopic (exact) mass is 349 g/mol. The van der Waals surface area contributed by atoms with Gasteiger partial charge in [-0.3, -0.25) is 9.88 Å². The Bertz CT molecular complexity index is 901. The van der Waals surface area contributed by atoms with Crippen molar-refractivity contribution in [1.82, 2.24) is 25.0 Å². The van der Waals surface area contributed by atoms with Gasteiger partial charge in [0.1, 0.15) is 5.76 Å². The molecule has 4 heterocycles. The molecule has 0 unspecified atom stereocenters. The fourth-order valence-electron chi connectivity index (χ4n) is 3.73. The van der Waals surface area contributed by atoms with Gasteiger partial charge in [-0.2, -0.15) is 0 Å². The van der Waals surface area contributed by atoms with Crippen molar-refractivity contribution in [3.8, 4) is 11.4 Å². The Morgan fingerprint density at radius 2 is 2.08 bits per heavy atom. The first-order chi connectivity index (χ1) is 12.6. The molecule has 26 heavy (non-hydrogen) atoms. The average molecular weight is 349 g/mol. The molecule has 134 valence electrons. The van der Waals surface area contributed by atoms with Crippen molar-refractivity contribution in [2.45, 2.75) is 46.2 Å². The Morgan fingerprint density at radius 3 is 2.85 bits per heavy atom. The third-order valence-electron chi connectivity index (χ3n) is 5.15. The summed E-state index contributed by atoms with van der Waals surface area (Å²) < 4.78 is 5.28. The van der Waals surface area contributed by atoms with E-state index in [4.69, 9.17) is 9.51 Å². The minimum atomic E-state index is 0.310. The van der Waals surface area contributed by atoms with Crippen LogP contribution in [0, 0.1) is 20.8 Å². The summed E-state index contributed by atoms with van der Waals surface area (Å²) in [6.45, 7) is 7.95. The van der Waals surface area contributed by atoms with Crippen LogP contribution in [-0.4, -0.2) is 31.6 Å². The second-order valence-corrected chi connectivity index (χ2v) is 6.93. The number of nitrogens with zero attached hydrogens (tertiary/aromatic N) is 5. The molecule has 1 aliphatic rings. The van der Waals surface area contributed by atoms with Crippen LogP contribution in [0.25, 0.3) is 11.4 Å². The van der Waals surface area contributed by atoms with Crippen LogP contribution in [0.15, 0.2) is 35.2 Å². The molecule has 1 saturated heterocycles. The summed E-state index contributed by atoms with van der Waals surface area (Å²) in [5, 5.41) is 4.03. The number of likely N-dealkylation sites (tertiary alicyclic amines) is 1. The van der Waals surface area contributed by atoms with Crippen LogP contribution in [0.2, 0.25) is 0 Å². The van der Waals surface area contributed by atoms with Crippen molar-refractivity contribution in [3.05, 3.63) is 59.0 Å². The molecule has 1 fully saturated rings. The van der Waals surface area contributed by atoms with E-state index in [0.717, 1.165) is 42.2 Å². The van der Waals surface area contributed by atoms with E-state index in [-0.39, 0.29) is 0 Å². The lowest BCUT2D eigenvalue weighted by Crippen LogP contribution is -2.24. The van der Waals surface area contributed by atoms with Gasteiger partial charge in [-0.25, -0.2) is 9.97 Å². The van der Waals surface area contributed by atoms with Crippen molar-refractivity contribution in [2.24, 2.45) is 0 Å². The number of aryl methyl sites for hydroxylation is 3. The molecule has 0 amide bonds. The number of rotatable bonds is 4. The summed E-state index contributed by atoms with van der Waals surface area (Å²) in [4.78, 5) is 16.0. The number of hydrogen-bond donors (Lipinski definition) is 0.